The lowest BCUT2D eigenvalue weighted by atomic mass is 10.0. The summed E-state index contributed by atoms with van der Waals surface area (Å²) in [5, 5.41) is 23.0. The van der Waals surface area contributed by atoms with Crippen LogP contribution in [0.4, 0.5) is 0 Å². The fraction of sp³-hybridized carbons (Fsp3) is 0.937. The third-order valence-electron chi connectivity index (χ3n) is 14.8. The lowest BCUT2D eigenvalue weighted by Crippen LogP contribution is -2.45. The molecule has 0 aliphatic carbocycles. The third kappa shape index (κ3) is 55.8. The fourth-order valence-corrected chi connectivity index (χ4v) is 9.99. The number of ether oxygens (including phenoxy) is 1. The summed E-state index contributed by atoms with van der Waals surface area (Å²) in [6.07, 6.45) is 71.3. The van der Waals surface area contributed by atoms with Crippen molar-refractivity contribution in [3.05, 3.63) is 12.2 Å². The second-order valence-corrected chi connectivity index (χ2v) is 21.8. The Labute approximate surface area is 431 Å². The summed E-state index contributed by atoms with van der Waals surface area (Å²) in [4.78, 5) is 24.5. The topological polar surface area (TPSA) is 95.9 Å². The van der Waals surface area contributed by atoms with Crippen LogP contribution in [0.2, 0.25) is 0 Å². The zero-order valence-electron chi connectivity index (χ0n) is 46.8. The first-order valence-electron chi connectivity index (χ1n) is 31.5. The van der Waals surface area contributed by atoms with Crippen LogP contribution in [-0.2, 0) is 14.3 Å². The van der Waals surface area contributed by atoms with Crippen LogP contribution >= 0.6 is 0 Å². The lowest BCUT2D eigenvalue weighted by Gasteiger charge is -2.20. The van der Waals surface area contributed by atoms with Crippen LogP contribution in [0.3, 0.4) is 0 Å². The molecule has 0 aromatic carbocycles. The number of amides is 1. The summed E-state index contributed by atoms with van der Waals surface area (Å²) in [6.45, 7) is 4.92. The smallest absolute Gasteiger partial charge is 0.305 e. The molecule has 6 nitrogen and oxygen atoms in total. The second-order valence-electron chi connectivity index (χ2n) is 21.8. The minimum atomic E-state index is -0.840. The highest BCUT2D eigenvalue weighted by atomic mass is 16.5. The number of carbonyl (C=O) groups excluding carboxylic acids is 2. The number of allylic oxidation sites excluding steroid dienone is 1. The van der Waals surface area contributed by atoms with Crippen LogP contribution in [0.15, 0.2) is 12.2 Å². The molecule has 0 spiro atoms. The predicted octanol–water partition coefficient (Wildman–Crippen LogP) is 19.6. The summed E-state index contributed by atoms with van der Waals surface area (Å²) in [6, 6.07) is -0.623. The second kappa shape index (κ2) is 59.2. The highest BCUT2D eigenvalue weighted by Crippen LogP contribution is 2.18. The summed E-state index contributed by atoms with van der Waals surface area (Å²) in [5.74, 6) is -0.0445. The molecular formula is C63H123NO5. The van der Waals surface area contributed by atoms with Gasteiger partial charge in [0.1, 0.15) is 0 Å². The van der Waals surface area contributed by atoms with Crippen molar-refractivity contribution in [2.75, 3.05) is 13.2 Å². The first-order valence-corrected chi connectivity index (χ1v) is 31.5. The van der Waals surface area contributed by atoms with Gasteiger partial charge in [-0.25, -0.2) is 0 Å². The number of aliphatic hydroxyl groups is 2. The van der Waals surface area contributed by atoms with Gasteiger partial charge in [-0.3, -0.25) is 9.59 Å². The van der Waals surface area contributed by atoms with Crippen molar-refractivity contribution in [2.45, 2.75) is 366 Å². The van der Waals surface area contributed by atoms with Crippen molar-refractivity contribution < 1.29 is 24.5 Å². The molecule has 0 heterocycles. The van der Waals surface area contributed by atoms with Gasteiger partial charge < -0.3 is 20.3 Å². The maximum absolute atomic E-state index is 12.4. The van der Waals surface area contributed by atoms with Gasteiger partial charge in [0.2, 0.25) is 5.91 Å². The van der Waals surface area contributed by atoms with E-state index in [1.165, 1.54) is 289 Å². The van der Waals surface area contributed by atoms with Crippen molar-refractivity contribution in [3.63, 3.8) is 0 Å². The standard InChI is InChI=1S/C63H123NO5/c1-3-5-7-9-11-13-15-16-33-37-41-45-49-53-57-63(68)69-58-54-50-46-42-38-34-31-29-27-25-23-21-19-17-18-20-22-24-26-28-30-32-36-40-44-48-52-56-62(67)64-60(59-65)61(66)55-51-47-43-39-35-14-12-10-8-6-4-2/h51,55,60-61,65-66H,3-50,52-54,56-59H2,1-2H3,(H,64,67)/b55-51+. The Morgan fingerprint density at radius 2 is 0.667 bits per heavy atom. The van der Waals surface area contributed by atoms with Crippen LogP contribution in [0.1, 0.15) is 354 Å². The van der Waals surface area contributed by atoms with Crippen LogP contribution in [0, 0.1) is 0 Å². The van der Waals surface area contributed by atoms with Crippen molar-refractivity contribution in [1.29, 1.82) is 0 Å². The molecule has 0 rings (SSSR count). The molecule has 1 amide bonds. The lowest BCUT2D eigenvalue weighted by molar-refractivity contribution is -0.143. The number of hydrogen-bond donors (Lipinski definition) is 3. The van der Waals surface area contributed by atoms with Crippen molar-refractivity contribution in [2.24, 2.45) is 0 Å². The van der Waals surface area contributed by atoms with Gasteiger partial charge in [-0.15, -0.1) is 0 Å². The van der Waals surface area contributed by atoms with Gasteiger partial charge in [0.15, 0.2) is 0 Å². The first-order chi connectivity index (χ1) is 34.0. The first kappa shape index (κ1) is 67.6. The van der Waals surface area contributed by atoms with E-state index in [1.54, 1.807) is 6.08 Å². The molecule has 410 valence electrons. The third-order valence-corrected chi connectivity index (χ3v) is 14.8. The highest BCUT2D eigenvalue weighted by molar-refractivity contribution is 5.76. The van der Waals surface area contributed by atoms with E-state index in [4.69, 9.17) is 4.74 Å². The molecule has 0 aromatic heterocycles. The molecule has 0 bridgehead atoms. The van der Waals surface area contributed by atoms with Gasteiger partial charge in [-0.2, -0.15) is 0 Å². The molecule has 0 aliphatic rings. The molecule has 2 unspecified atom stereocenters. The molecular weight excluding hydrogens is 851 g/mol. The monoisotopic (exact) mass is 974 g/mol. The van der Waals surface area contributed by atoms with E-state index in [-0.39, 0.29) is 18.5 Å². The van der Waals surface area contributed by atoms with Gasteiger partial charge in [0.25, 0.3) is 0 Å². The minimum Gasteiger partial charge on any atom is -0.466 e. The Hall–Kier alpha value is -1.40. The van der Waals surface area contributed by atoms with E-state index < -0.39 is 12.1 Å². The molecule has 2 atom stereocenters. The molecule has 0 saturated carbocycles. The number of carbonyl (C=O) groups is 2. The Morgan fingerprint density at radius 3 is 0.986 bits per heavy atom. The zero-order chi connectivity index (χ0) is 50.0. The van der Waals surface area contributed by atoms with Crippen molar-refractivity contribution in [3.8, 4) is 0 Å². The van der Waals surface area contributed by atoms with Gasteiger partial charge in [0, 0.05) is 12.8 Å². The Morgan fingerprint density at radius 1 is 0.391 bits per heavy atom. The van der Waals surface area contributed by atoms with E-state index >= 15 is 0 Å². The van der Waals surface area contributed by atoms with Crippen molar-refractivity contribution >= 4 is 11.9 Å². The molecule has 0 aliphatic heterocycles. The van der Waals surface area contributed by atoms with Crippen LogP contribution in [-0.4, -0.2) is 47.4 Å². The molecule has 0 aromatic rings. The number of nitrogens with one attached hydrogen (secondary N) is 1. The fourth-order valence-electron chi connectivity index (χ4n) is 9.99. The summed E-state index contributed by atoms with van der Waals surface area (Å²) in [5.41, 5.74) is 0. The van der Waals surface area contributed by atoms with Gasteiger partial charge in [-0.05, 0) is 32.1 Å². The van der Waals surface area contributed by atoms with E-state index in [2.05, 4.69) is 19.2 Å². The quantitative estimate of drug-likeness (QED) is 0.0321. The Bertz CT molecular complexity index is 1030. The summed E-state index contributed by atoms with van der Waals surface area (Å²) < 4.78 is 5.49. The molecule has 0 fully saturated rings. The summed E-state index contributed by atoms with van der Waals surface area (Å²) >= 11 is 0. The molecule has 6 heteroatoms. The van der Waals surface area contributed by atoms with Crippen LogP contribution in [0.25, 0.3) is 0 Å². The molecule has 0 radical (unpaired) electrons. The van der Waals surface area contributed by atoms with E-state index in [1.807, 2.05) is 6.08 Å². The number of hydrogen-bond acceptors (Lipinski definition) is 5. The number of rotatable bonds is 59. The molecule has 0 saturated heterocycles. The molecule has 69 heavy (non-hydrogen) atoms. The zero-order valence-corrected chi connectivity index (χ0v) is 46.8. The van der Waals surface area contributed by atoms with Gasteiger partial charge >= 0.3 is 5.97 Å². The normalized spacial score (nSPS) is 12.6. The van der Waals surface area contributed by atoms with E-state index in [0.717, 1.165) is 38.5 Å². The number of unbranched alkanes of at least 4 members (excludes halogenated alkanes) is 48. The van der Waals surface area contributed by atoms with Gasteiger partial charge in [-0.1, -0.05) is 321 Å². The van der Waals surface area contributed by atoms with Gasteiger partial charge in [0.05, 0.1) is 25.4 Å². The predicted molar refractivity (Wildman–Crippen MR) is 301 cm³/mol. The van der Waals surface area contributed by atoms with Crippen molar-refractivity contribution in [1.82, 2.24) is 5.32 Å². The van der Waals surface area contributed by atoms with E-state index in [9.17, 15) is 19.8 Å². The molecule has 3 N–H and O–H groups in total. The highest BCUT2D eigenvalue weighted by Gasteiger charge is 2.18. The Kier molecular flexibility index (Phi) is 58.0. The van der Waals surface area contributed by atoms with E-state index in [0.29, 0.717) is 19.4 Å². The summed E-state index contributed by atoms with van der Waals surface area (Å²) in [7, 11) is 0. The minimum absolute atomic E-state index is 0.0204. The maximum atomic E-state index is 12.4. The van der Waals surface area contributed by atoms with Crippen LogP contribution < -0.4 is 5.32 Å². The maximum Gasteiger partial charge on any atom is 0.305 e. The average Bonchev–Trinajstić information content (AvgIpc) is 3.35. The van der Waals surface area contributed by atoms with Crippen LogP contribution in [0.5, 0.6) is 0 Å². The number of aliphatic hydroxyl groups excluding tert-OH is 2. The largest absolute Gasteiger partial charge is 0.466 e. The SMILES string of the molecule is CCCCCCCCCCC/C=C/C(O)C(CO)NC(=O)CCCCCCCCCCCCCCCCCCCCCCCCCCCCCOC(=O)CCCCCCCCCCCCCCCC. The average molecular weight is 975 g/mol. The number of esters is 1. The Balaban J connectivity index is 3.33.